The van der Waals surface area contributed by atoms with Crippen LogP contribution in [0.15, 0.2) is 59.1 Å². The number of hydrazine groups is 1. The first-order valence-electron chi connectivity index (χ1n) is 8.84. The molecule has 0 saturated carbocycles. The lowest BCUT2D eigenvalue weighted by molar-refractivity contribution is -0.121. The van der Waals surface area contributed by atoms with E-state index in [9.17, 15) is 14.7 Å². The minimum Gasteiger partial charge on any atom is -0.507 e. The average molecular weight is 488 g/mol. The minimum atomic E-state index is -0.602. The van der Waals surface area contributed by atoms with Crippen LogP contribution >= 0.6 is 28.1 Å². The largest absolute Gasteiger partial charge is 0.507 e. The molecule has 9 heteroatoms. The van der Waals surface area contributed by atoms with Crippen molar-refractivity contribution in [2.24, 2.45) is 0 Å². The highest BCUT2D eigenvalue weighted by Gasteiger charge is 2.13. The lowest BCUT2D eigenvalue weighted by atomic mass is 10.1. The van der Waals surface area contributed by atoms with Crippen LogP contribution in [0.4, 0.5) is 0 Å². The predicted octanol–water partition coefficient (Wildman–Crippen LogP) is 3.33. The molecule has 0 bridgehead atoms. The summed E-state index contributed by atoms with van der Waals surface area (Å²) < 4.78 is 6.17. The molecule has 0 saturated heterocycles. The lowest BCUT2D eigenvalue weighted by Gasteiger charge is -2.13. The van der Waals surface area contributed by atoms with Crippen LogP contribution in [0.25, 0.3) is 10.8 Å². The van der Waals surface area contributed by atoms with E-state index in [4.69, 9.17) is 17.0 Å². The maximum absolute atomic E-state index is 12.3. The number of nitrogens with one attached hydrogen (secondary N) is 3. The zero-order valence-corrected chi connectivity index (χ0v) is 18.3. The number of aromatic hydroxyl groups is 1. The summed E-state index contributed by atoms with van der Waals surface area (Å²) in [5.74, 6) is -0.743. The number of thiocarbonyl (C=S) groups is 1. The molecule has 3 rings (SSSR count). The molecule has 0 fully saturated rings. The Kier molecular flexibility index (Phi) is 6.86. The minimum absolute atomic E-state index is 0.0721. The Balaban J connectivity index is 1.51. The average Bonchev–Trinajstić information content (AvgIpc) is 2.71. The van der Waals surface area contributed by atoms with Crippen molar-refractivity contribution in [1.82, 2.24) is 16.2 Å². The van der Waals surface area contributed by atoms with Crippen molar-refractivity contribution >= 4 is 55.8 Å². The number of carbonyl (C=O) groups is 2. The summed E-state index contributed by atoms with van der Waals surface area (Å²) in [6.07, 6.45) is 0. The standard InChI is InChI=1S/C21H18BrN3O4S/c1-12-6-7-18(16(22)8-12)29-11-19(27)23-21(30)25-24-20(28)15-9-13-4-2-3-5-14(13)10-17(15)26/h2-10,26H,11H2,1H3,(H,24,28)(H2,23,25,27,30). The Morgan fingerprint density at radius 3 is 2.47 bits per heavy atom. The summed E-state index contributed by atoms with van der Waals surface area (Å²) in [5, 5.41) is 14.0. The first-order chi connectivity index (χ1) is 14.3. The molecule has 0 spiro atoms. The quantitative estimate of drug-likeness (QED) is 0.332. The van der Waals surface area contributed by atoms with Crippen molar-refractivity contribution in [1.29, 1.82) is 0 Å². The monoisotopic (exact) mass is 487 g/mol. The van der Waals surface area contributed by atoms with Crippen molar-refractivity contribution in [3.05, 3.63) is 70.2 Å². The number of phenols is 1. The van der Waals surface area contributed by atoms with Crippen molar-refractivity contribution in [3.63, 3.8) is 0 Å². The molecule has 2 amide bonds. The highest BCUT2D eigenvalue weighted by molar-refractivity contribution is 9.10. The summed E-state index contributed by atoms with van der Waals surface area (Å²) in [4.78, 5) is 24.3. The molecule has 0 atom stereocenters. The van der Waals surface area contributed by atoms with Crippen molar-refractivity contribution in [2.45, 2.75) is 6.92 Å². The van der Waals surface area contributed by atoms with Crippen LogP contribution in [0.3, 0.4) is 0 Å². The Hall–Kier alpha value is -3.17. The van der Waals surface area contributed by atoms with E-state index in [1.54, 1.807) is 12.1 Å². The van der Waals surface area contributed by atoms with E-state index in [-0.39, 0.29) is 23.0 Å². The van der Waals surface area contributed by atoms with Gasteiger partial charge in [0.05, 0.1) is 10.0 Å². The third-order valence-corrected chi connectivity index (χ3v) is 4.92. The number of aryl methyl sites for hydroxylation is 1. The molecule has 0 aliphatic heterocycles. The van der Waals surface area contributed by atoms with Gasteiger partial charge in [-0.05, 0) is 75.7 Å². The molecule has 4 N–H and O–H groups in total. The molecule has 0 heterocycles. The van der Waals surface area contributed by atoms with Gasteiger partial charge in [0, 0.05) is 0 Å². The zero-order valence-electron chi connectivity index (χ0n) is 15.9. The second-order valence-electron chi connectivity index (χ2n) is 6.40. The topological polar surface area (TPSA) is 99.7 Å². The van der Waals surface area contributed by atoms with Gasteiger partial charge < -0.3 is 9.84 Å². The van der Waals surface area contributed by atoms with E-state index < -0.39 is 11.8 Å². The van der Waals surface area contributed by atoms with Crippen LogP contribution in [-0.2, 0) is 4.79 Å². The highest BCUT2D eigenvalue weighted by Crippen LogP contribution is 2.26. The fourth-order valence-corrected chi connectivity index (χ4v) is 3.42. The number of carbonyl (C=O) groups excluding carboxylic acids is 2. The number of ether oxygens (including phenoxy) is 1. The molecule has 7 nitrogen and oxygen atoms in total. The number of halogens is 1. The van der Waals surface area contributed by atoms with Crippen LogP contribution in [0, 0.1) is 6.92 Å². The maximum atomic E-state index is 12.3. The van der Waals surface area contributed by atoms with Gasteiger partial charge in [0.25, 0.3) is 11.8 Å². The van der Waals surface area contributed by atoms with Crippen LogP contribution < -0.4 is 20.9 Å². The molecular formula is C21H18BrN3O4S. The maximum Gasteiger partial charge on any atom is 0.273 e. The van der Waals surface area contributed by atoms with E-state index in [1.165, 1.54) is 6.07 Å². The summed E-state index contributed by atoms with van der Waals surface area (Å²) >= 11 is 8.37. The molecule has 0 aliphatic rings. The molecule has 30 heavy (non-hydrogen) atoms. The first kappa shape index (κ1) is 21.5. The van der Waals surface area contributed by atoms with Gasteiger partial charge in [0.15, 0.2) is 11.7 Å². The van der Waals surface area contributed by atoms with Crippen LogP contribution in [0.5, 0.6) is 11.5 Å². The van der Waals surface area contributed by atoms with E-state index in [0.717, 1.165) is 20.8 Å². The van der Waals surface area contributed by atoms with Gasteiger partial charge in [-0.15, -0.1) is 0 Å². The SMILES string of the molecule is Cc1ccc(OCC(=O)NC(=S)NNC(=O)c2cc3ccccc3cc2O)c(Br)c1. The summed E-state index contributed by atoms with van der Waals surface area (Å²) in [6.45, 7) is 1.68. The van der Waals surface area contributed by atoms with Gasteiger partial charge in [-0.2, -0.15) is 0 Å². The number of phenolic OH excluding ortho intramolecular Hbond substituents is 1. The number of amides is 2. The summed E-state index contributed by atoms with van der Waals surface area (Å²) in [7, 11) is 0. The van der Waals surface area contributed by atoms with E-state index in [2.05, 4.69) is 32.1 Å². The number of rotatable bonds is 4. The fraction of sp³-hybridized carbons (Fsp3) is 0.0952. The molecule has 0 aromatic heterocycles. The molecule has 3 aromatic rings. The van der Waals surface area contributed by atoms with E-state index in [0.29, 0.717) is 5.75 Å². The van der Waals surface area contributed by atoms with Crippen LogP contribution in [0.2, 0.25) is 0 Å². The number of hydrogen-bond donors (Lipinski definition) is 4. The van der Waals surface area contributed by atoms with E-state index >= 15 is 0 Å². The fourth-order valence-electron chi connectivity index (χ4n) is 2.65. The van der Waals surface area contributed by atoms with Crippen molar-refractivity contribution in [3.8, 4) is 11.5 Å². The van der Waals surface area contributed by atoms with Gasteiger partial charge in [0.2, 0.25) is 0 Å². The Bertz CT molecular complexity index is 1140. The van der Waals surface area contributed by atoms with Gasteiger partial charge in [-0.25, -0.2) is 0 Å². The predicted molar refractivity (Wildman–Crippen MR) is 121 cm³/mol. The van der Waals surface area contributed by atoms with Gasteiger partial charge >= 0.3 is 0 Å². The molecule has 0 unspecified atom stereocenters. The number of fused-ring (bicyclic) bond motifs is 1. The van der Waals surface area contributed by atoms with Gasteiger partial charge in [0.1, 0.15) is 11.5 Å². The smallest absolute Gasteiger partial charge is 0.273 e. The molecular weight excluding hydrogens is 470 g/mol. The second-order valence-corrected chi connectivity index (χ2v) is 7.66. The number of hydrogen-bond acceptors (Lipinski definition) is 5. The highest BCUT2D eigenvalue weighted by atomic mass is 79.9. The summed E-state index contributed by atoms with van der Waals surface area (Å²) in [6, 6.07) is 15.9. The van der Waals surface area contributed by atoms with Crippen molar-refractivity contribution in [2.75, 3.05) is 6.61 Å². The van der Waals surface area contributed by atoms with E-state index in [1.807, 2.05) is 43.3 Å². The first-order valence-corrected chi connectivity index (χ1v) is 10.0. The third-order valence-electron chi connectivity index (χ3n) is 4.10. The number of benzene rings is 3. The Morgan fingerprint density at radius 2 is 1.77 bits per heavy atom. The van der Waals surface area contributed by atoms with Crippen LogP contribution in [-0.4, -0.2) is 28.6 Å². The zero-order chi connectivity index (χ0) is 21.7. The summed E-state index contributed by atoms with van der Waals surface area (Å²) in [5.41, 5.74) is 5.90. The second kappa shape index (κ2) is 9.55. The lowest BCUT2D eigenvalue weighted by Crippen LogP contribution is -2.49. The normalized spacial score (nSPS) is 10.3. The third kappa shape index (κ3) is 5.46. The Morgan fingerprint density at radius 1 is 1.07 bits per heavy atom. The van der Waals surface area contributed by atoms with Crippen LogP contribution in [0.1, 0.15) is 15.9 Å². The molecule has 0 radical (unpaired) electrons. The Labute approximate surface area is 186 Å². The van der Waals surface area contributed by atoms with Gasteiger partial charge in [-0.3, -0.25) is 25.8 Å². The van der Waals surface area contributed by atoms with Gasteiger partial charge in [-0.1, -0.05) is 30.3 Å². The molecule has 3 aromatic carbocycles. The van der Waals surface area contributed by atoms with Crippen molar-refractivity contribution < 1.29 is 19.4 Å². The molecule has 154 valence electrons. The molecule has 0 aliphatic carbocycles.